The Hall–Kier alpha value is -0.230. The van der Waals surface area contributed by atoms with Gasteiger partial charge >= 0.3 is 0 Å². The topological polar surface area (TPSA) is 24.5 Å². The summed E-state index contributed by atoms with van der Waals surface area (Å²) in [5.41, 5.74) is 2.62. The van der Waals surface area contributed by atoms with Gasteiger partial charge in [-0.1, -0.05) is 6.07 Å². The van der Waals surface area contributed by atoms with Gasteiger partial charge in [0.15, 0.2) is 0 Å². The van der Waals surface area contributed by atoms with E-state index in [4.69, 9.17) is 4.74 Å². The number of nitrogens with zero attached hydrogens (tertiary/aromatic N) is 1. The van der Waals surface area contributed by atoms with E-state index in [1.807, 2.05) is 11.8 Å². The Morgan fingerprint density at radius 3 is 3.05 bits per heavy atom. The normalized spacial score (nSPS) is 19.4. The molecule has 1 unspecified atom stereocenters. The van der Waals surface area contributed by atoms with E-state index in [0.29, 0.717) is 6.04 Å². The molecule has 1 atom stereocenters. The molecule has 3 nitrogen and oxygen atoms in total. The van der Waals surface area contributed by atoms with E-state index in [1.165, 1.54) is 27.2 Å². The molecule has 0 aromatic heterocycles. The number of thioether (sulfide) groups is 1. The summed E-state index contributed by atoms with van der Waals surface area (Å²) in [4.78, 5) is 2.50. The zero-order valence-corrected chi connectivity index (χ0v) is 14.6. The smallest absolute Gasteiger partial charge is 0.0587 e. The van der Waals surface area contributed by atoms with Gasteiger partial charge in [0.05, 0.1) is 12.3 Å². The highest BCUT2D eigenvalue weighted by atomic mass is 79.9. The van der Waals surface area contributed by atoms with Gasteiger partial charge in [0.2, 0.25) is 0 Å². The molecule has 1 aliphatic heterocycles. The predicted molar refractivity (Wildman–Crippen MR) is 91.9 cm³/mol. The van der Waals surface area contributed by atoms with Gasteiger partial charge in [-0.3, -0.25) is 0 Å². The predicted octanol–water partition coefficient (Wildman–Crippen LogP) is 3.13. The largest absolute Gasteiger partial charge is 0.383 e. The van der Waals surface area contributed by atoms with Crippen molar-refractivity contribution in [1.82, 2.24) is 5.32 Å². The van der Waals surface area contributed by atoms with Crippen LogP contribution in [0.1, 0.15) is 12.5 Å². The zero-order chi connectivity index (χ0) is 14.4. The van der Waals surface area contributed by atoms with Crippen molar-refractivity contribution in [3.63, 3.8) is 0 Å². The number of nitrogens with one attached hydrogen (secondary N) is 1. The van der Waals surface area contributed by atoms with Gasteiger partial charge in [0, 0.05) is 48.8 Å². The molecule has 0 radical (unpaired) electrons. The van der Waals surface area contributed by atoms with E-state index < -0.39 is 0 Å². The van der Waals surface area contributed by atoms with Crippen molar-refractivity contribution in [2.24, 2.45) is 0 Å². The van der Waals surface area contributed by atoms with E-state index in [-0.39, 0.29) is 0 Å². The number of rotatable bonds is 6. The third kappa shape index (κ3) is 4.38. The average Bonchev–Trinajstić information content (AvgIpc) is 2.45. The number of methoxy groups -OCH3 is 1. The molecule has 1 fully saturated rings. The molecule has 0 bridgehead atoms. The third-order valence-electron chi connectivity index (χ3n) is 3.50. The summed E-state index contributed by atoms with van der Waals surface area (Å²) in [5, 5.41) is 3.37. The summed E-state index contributed by atoms with van der Waals surface area (Å²) in [7, 11) is 1.73. The van der Waals surface area contributed by atoms with E-state index in [9.17, 15) is 0 Å². The second-order valence-electron chi connectivity index (χ2n) is 5.07. The van der Waals surface area contributed by atoms with Crippen LogP contribution in [0.4, 0.5) is 5.69 Å². The number of halogens is 1. The van der Waals surface area contributed by atoms with Gasteiger partial charge in [-0.2, -0.15) is 11.8 Å². The van der Waals surface area contributed by atoms with Crippen molar-refractivity contribution in [2.45, 2.75) is 19.5 Å². The molecular formula is C15H23BrN2OS. The maximum Gasteiger partial charge on any atom is 0.0587 e. The number of anilines is 1. The molecule has 2 rings (SSSR count). The van der Waals surface area contributed by atoms with E-state index in [2.05, 4.69) is 51.3 Å². The van der Waals surface area contributed by atoms with Crippen molar-refractivity contribution in [3.8, 4) is 0 Å². The molecule has 1 aromatic carbocycles. The number of hydrogen-bond donors (Lipinski definition) is 1. The van der Waals surface area contributed by atoms with Gasteiger partial charge in [-0.05, 0) is 40.5 Å². The Morgan fingerprint density at radius 1 is 1.50 bits per heavy atom. The summed E-state index contributed by atoms with van der Waals surface area (Å²) in [6.07, 6.45) is 0. The quantitative estimate of drug-likeness (QED) is 0.789. The van der Waals surface area contributed by atoms with Gasteiger partial charge in [-0.15, -0.1) is 0 Å². The van der Waals surface area contributed by atoms with Crippen molar-refractivity contribution < 1.29 is 4.74 Å². The average molecular weight is 359 g/mol. The van der Waals surface area contributed by atoms with E-state index in [0.717, 1.165) is 26.2 Å². The second kappa shape index (κ2) is 8.27. The highest BCUT2D eigenvalue weighted by Gasteiger charge is 2.20. The molecule has 0 amide bonds. The summed E-state index contributed by atoms with van der Waals surface area (Å²) in [6.45, 7) is 5.96. The van der Waals surface area contributed by atoms with Crippen LogP contribution in [0.3, 0.4) is 0 Å². The number of benzene rings is 1. The molecule has 1 aromatic rings. The molecule has 5 heteroatoms. The molecule has 112 valence electrons. The minimum Gasteiger partial charge on any atom is -0.383 e. The SMILES string of the molecule is COCCNCc1ccc(N2CCSCC2C)c(Br)c1. The first kappa shape index (κ1) is 16.1. The van der Waals surface area contributed by atoms with Crippen molar-refractivity contribution >= 4 is 33.4 Å². The van der Waals surface area contributed by atoms with Crippen LogP contribution in [0.15, 0.2) is 22.7 Å². The van der Waals surface area contributed by atoms with Crippen LogP contribution in [-0.2, 0) is 11.3 Å². The lowest BCUT2D eigenvalue weighted by molar-refractivity contribution is 0.199. The maximum atomic E-state index is 5.03. The first-order valence-electron chi connectivity index (χ1n) is 7.05. The second-order valence-corrected chi connectivity index (χ2v) is 7.08. The monoisotopic (exact) mass is 358 g/mol. The summed E-state index contributed by atoms with van der Waals surface area (Å²) >= 11 is 5.78. The standard InChI is InChI=1S/C15H23BrN2OS/c1-12-11-20-8-6-18(12)15-4-3-13(9-14(15)16)10-17-5-7-19-2/h3-4,9,12,17H,5-8,10-11H2,1-2H3. The summed E-state index contributed by atoms with van der Waals surface area (Å²) in [5.74, 6) is 2.43. The fraction of sp³-hybridized carbons (Fsp3) is 0.600. The Kier molecular flexibility index (Phi) is 6.68. The summed E-state index contributed by atoms with van der Waals surface area (Å²) in [6, 6.07) is 7.29. The van der Waals surface area contributed by atoms with Crippen LogP contribution in [-0.4, -0.2) is 44.4 Å². The molecular weight excluding hydrogens is 336 g/mol. The molecule has 1 aliphatic rings. The molecule has 1 saturated heterocycles. The lowest BCUT2D eigenvalue weighted by Gasteiger charge is -2.35. The minimum atomic E-state index is 0.607. The van der Waals surface area contributed by atoms with E-state index >= 15 is 0 Å². The lowest BCUT2D eigenvalue weighted by Crippen LogP contribution is -2.40. The van der Waals surface area contributed by atoms with Gasteiger partial charge in [0.25, 0.3) is 0 Å². The Morgan fingerprint density at radius 2 is 2.35 bits per heavy atom. The summed E-state index contributed by atoms with van der Waals surface area (Å²) < 4.78 is 6.23. The fourth-order valence-electron chi connectivity index (χ4n) is 2.39. The molecule has 0 aliphatic carbocycles. The molecule has 0 spiro atoms. The van der Waals surface area contributed by atoms with Crippen LogP contribution >= 0.6 is 27.7 Å². The highest BCUT2D eigenvalue weighted by molar-refractivity contribution is 9.10. The number of hydrogen-bond acceptors (Lipinski definition) is 4. The Labute approximate surface area is 134 Å². The van der Waals surface area contributed by atoms with Crippen LogP contribution in [0.2, 0.25) is 0 Å². The number of ether oxygens (including phenoxy) is 1. The lowest BCUT2D eigenvalue weighted by atomic mass is 10.1. The van der Waals surface area contributed by atoms with Gasteiger partial charge in [0.1, 0.15) is 0 Å². The van der Waals surface area contributed by atoms with Gasteiger partial charge in [-0.25, -0.2) is 0 Å². The van der Waals surface area contributed by atoms with E-state index in [1.54, 1.807) is 7.11 Å². The van der Waals surface area contributed by atoms with Crippen LogP contribution in [0.25, 0.3) is 0 Å². The minimum absolute atomic E-state index is 0.607. The molecule has 1 heterocycles. The fourth-order valence-corrected chi connectivity index (χ4v) is 4.05. The van der Waals surface area contributed by atoms with Crippen LogP contribution in [0, 0.1) is 0 Å². The van der Waals surface area contributed by atoms with Crippen LogP contribution in [0.5, 0.6) is 0 Å². The third-order valence-corrected chi connectivity index (χ3v) is 5.33. The maximum absolute atomic E-state index is 5.03. The Bertz CT molecular complexity index is 430. The van der Waals surface area contributed by atoms with Crippen LogP contribution < -0.4 is 10.2 Å². The zero-order valence-electron chi connectivity index (χ0n) is 12.2. The van der Waals surface area contributed by atoms with Crippen molar-refractivity contribution in [3.05, 3.63) is 28.2 Å². The first-order valence-corrected chi connectivity index (χ1v) is 8.99. The first-order chi connectivity index (χ1) is 9.72. The molecule has 20 heavy (non-hydrogen) atoms. The van der Waals surface area contributed by atoms with Crippen molar-refractivity contribution in [1.29, 1.82) is 0 Å². The molecule has 0 saturated carbocycles. The Balaban J connectivity index is 1.98. The van der Waals surface area contributed by atoms with Gasteiger partial charge < -0.3 is 15.0 Å². The highest BCUT2D eigenvalue weighted by Crippen LogP contribution is 2.31. The molecule has 1 N–H and O–H groups in total. The van der Waals surface area contributed by atoms with Crippen molar-refractivity contribution in [2.75, 3.05) is 43.2 Å².